The van der Waals surface area contributed by atoms with Crippen molar-refractivity contribution in [2.45, 2.75) is 18.4 Å². The molecule has 0 aromatic heterocycles. The zero-order chi connectivity index (χ0) is 9.54. The topological polar surface area (TPSA) is 15.3 Å². The van der Waals surface area contributed by atoms with Crippen LogP contribution in [-0.2, 0) is 0 Å². The van der Waals surface area contributed by atoms with Crippen molar-refractivity contribution in [2.24, 2.45) is 0 Å². The van der Waals surface area contributed by atoms with Crippen LogP contribution in [0, 0.1) is 0 Å². The predicted molar refractivity (Wildman–Crippen MR) is 73.4 cm³/mol. The monoisotopic (exact) mass is 260 g/mol. The van der Waals surface area contributed by atoms with Gasteiger partial charge in [0.05, 0.1) is 0 Å². The number of piperidine rings is 1. The maximum Gasteiger partial charge on any atom is 0.0403 e. The molecule has 3 rings (SSSR count). The summed E-state index contributed by atoms with van der Waals surface area (Å²) >= 11 is 0. The molecule has 2 nitrogen and oxygen atoms in total. The van der Waals surface area contributed by atoms with E-state index in [1.807, 2.05) is 0 Å². The summed E-state index contributed by atoms with van der Waals surface area (Å²) < 4.78 is 0. The second kappa shape index (κ2) is 5.26. The molecule has 0 amide bonds. The third-order valence-corrected chi connectivity index (χ3v) is 3.66. The number of halogens is 2. The van der Waals surface area contributed by atoms with Gasteiger partial charge in [-0.05, 0) is 24.6 Å². The zero-order valence-electron chi connectivity index (χ0n) is 9.35. The zero-order valence-corrected chi connectivity index (χ0v) is 11.0. The van der Waals surface area contributed by atoms with Crippen molar-refractivity contribution < 1.29 is 0 Å². The van der Waals surface area contributed by atoms with Crippen molar-refractivity contribution in [1.82, 2.24) is 5.32 Å². The highest BCUT2D eigenvalue weighted by Crippen LogP contribution is 2.41. The molecule has 1 aromatic carbocycles. The molecular weight excluding hydrogens is 243 g/mol. The van der Waals surface area contributed by atoms with E-state index in [-0.39, 0.29) is 24.8 Å². The Morgan fingerprint density at radius 2 is 2.00 bits per heavy atom. The van der Waals surface area contributed by atoms with Crippen LogP contribution in [0.3, 0.4) is 0 Å². The molecule has 1 N–H and O–H groups in total. The standard InChI is InChI=1S/C12H16N2.2ClH/c1-14-11-5-3-2-4-9(11)10-8-13-7-6-12(10)14;;/h2-5,10,12-13H,6-8H2,1H3;2*1H. The fraction of sp³-hybridized carbons (Fsp3) is 0.500. The Bertz CT molecular complexity index is 357. The summed E-state index contributed by atoms with van der Waals surface area (Å²) in [6.45, 7) is 2.31. The summed E-state index contributed by atoms with van der Waals surface area (Å²) in [4.78, 5) is 2.46. The molecule has 2 heterocycles. The maximum absolute atomic E-state index is 3.49. The number of anilines is 1. The van der Waals surface area contributed by atoms with E-state index in [1.54, 1.807) is 0 Å². The Labute approximate surface area is 109 Å². The molecule has 1 saturated heterocycles. The summed E-state index contributed by atoms with van der Waals surface area (Å²) in [6.07, 6.45) is 1.27. The maximum atomic E-state index is 3.49. The van der Waals surface area contributed by atoms with Gasteiger partial charge in [-0.25, -0.2) is 0 Å². The van der Waals surface area contributed by atoms with E-state index in [4.69, 9.17) is 0 Å². The minimum Gasteiger partial charge on any atom is -0.371 e. The molecule has 0 bridgehead atoms. The first-order valence-corrected chi connectivity index (χ1v) is 5.40. The molecule has 4 heteroatoms. The number of rotatable bonds is 0. The average molecular weight is 261 g/mol. The quantitative estimate of drug-likeness (QED) is 0.771. The van der Waals surface area contributed by atoms with Crippen LogP contribution in [0.25, 0.3) is 0 Å². The van der Waals surface area contributed by atoms with Crippen LogP contribution in [0.15, 0.2) is 24.3 Å². The van der Waals surface area contributed by atoms with Gasteiger partial charge in [-0.1, -0.05) is 18.2 Å². The van der Waals surface area contributed by atoms with Crippen LogP contribution in [0.2, 0.25) is 0 Å². The summed E-state index contributed by atoms with van der Waals surface area (Å²) in [6, 6.07) is 9.55. The fourth-order valence-electron chi connectivity index (χ4n) is 2.93. The SMILES string of the molecule is CN1c2ccccc2C2CNCCC21.Cl.Cl. The van der Waals surface area contributed by atoms with Gasteiger partial charge in [0.2, 0.25) is 0 Å². The van der Waals surface area contributed by atoms with E-state index >= 15 is 0 Å². The molecule has 0 spiro atoms. The highest BCUT2D eigenvalue weighted by atomic mass is 35.5. The van der Waals surface area contributed by atoms with Crippen molar-refractivity contribution in [3.8, 4) is 0 Å². The highest BCUT2D eigenvalue weighted by Gasteiger charge is 2.37. The van der Waals surface area contributed by atoms with Gasteiger partial charge in [0, 0.05) is 31.2 Å². The molecule has 0 aliphatic carbocycles. The number of nitrogens with zero attached hydrogens (tertiary/aromatic N) is 1. The van der Waals surface area contributed by atoms with Crippen molar-refractivity contribution in [2.75, 3.05) is 25.0 Å². The van der Waals surface area contributed by atoms with E-state index < -0.39 is 0 Å². The van der Waals surface area contributed by atoms with E-state index in [2.05, 4.69) is 41.5 Å². The van der Waals surface area contributed by atoms with Crippen LogP contribution in [0.1, 0.15) is 17.9 Å². The van der Waals surface area contributed by atoms with Gasteiger partial charge in [0.15, 0.2) is 0 Å². The first-order chi connectivity index (χ1) is 6.88. The molecule has 2 aliphatic rings. The van der Waals surface area contributed by atoms with Crippen LogP contribution in [0.4, 0.5) is 5.69 Å². The van der Waals surface area contributed by atoms with Gasteiger partial charge in [-0.15, -0.1) is 24.8 Å². The van der Waals surface area contributed by atoms with Gasteiger partial charge < -0.3 is 10.2 Å². The van der Waals surface area contributed by atoms with Gasteiger partial charge >= 0.3 is 0 Å². The molecule has 1 aromatic rings. The van der Waals surface area contributed by atoms with Crippen LogP contribution in [0.5, 0.6) is 0 Å². The van der Waals surface area contributed by atoms with Crippen molar-refractivity contribution in [1.29, 1.82) is 0 Å². The predicted octanol–water partition coefficient (Wildman–Crippen LogP) is 2.43. The molecule has 2 aliphatic heterocycles. The third-order valence-electron chi connectivity index (χ3n) is 3.66. The van der Waals surface area contributed by atoms with Crippen molar-refractivity contribution >= 4 is 30.5 Å². The lowest BCUT2D eigenvalue weighted by atomic mass is 9.90. The van der Waals surface area contributed by atoms with E-state index in [0.29, 0.717) is 5.92 Å². The summed E-state index contributed by atoms with van der Waals surface area (Å²) in [7, 11) is 2.23. The smallest absolute Gasteiger partial charge is 0.0403 e. The largest absolute Gasteiger partial charge is 0.371 e. The van der Waals surface area contributed by atoms with Gasteiger partial charge in [0.25, 0.3) is 0 Å². The second-order valence-electron chi connectivity index (χ2n) is 4.34. The van der Waals surface area contributed by atoms with Gasteiger partial charge in [-0.2, -0.15) is 0 Å². The van der Waals surface area contributed by atoms with E-state index in [0.717, 1.165) is 12.6 Å². The van der Waals surface area contributed by atoms with Crippen LogP contribution in [-0.4, -0.2) is 26.2 Å². The van der Waals surface area contributed by atoms with Crippen molar-refractivity contribution in [3.63, 3.8) is 0 Å². The molecule has 90 valence electrons. The lowest BCUT2D eigenvalue weighted by Gasteiger charge is -2.31. The fourth-order valence-corrected chi connectivity index (χ4v) is 2.93. The highest BCUT2D eigenvalue weighted by molar-refractivity contribution is 5.85. The molecule has 0 radical (unpaired) electrons. The third kappa shape index (κ3) is 1.90. The molecule has 16 heavy (non-hydrogen) atoms. The minimum absolute atomic E-state index is 0. The Kier molecular flexibility index (Phi) is 4.48. The van der Waals surface area contributed by atoms with Crippen molar-refractivity contribution in [3.05, 3.63) is 29.8 Å². The van der Waals surface area contributed by atoms with Crippen LogP contribution < -0.4 is 10.2 Å². The average Bonchev–Trinajstić information content (AvgIpc) is 2.55. The van der Waals surface area contributed by atoms with Crippen LogP contribution >= 0.6 is 24.8 Å². The Hall–Kier alpha value is -0.440. The normalized spacial score (nSPS) is 26.2. The minimum atomic E-state index is 0. The first kappa shape index (κ1) is 13.6. The summed E-state index contributed by atoms with van der Waals surface area (Å²) in [5, 5.41) is 3.49. The molecule has 0 saturated carbocycles. The number of benzene rings is 1. The van der Waals surface area contributed by atoms with E-state index in [9.17, 15) is 0 Å². The molecular formula is C12H18Cl2N2. The number of fused-ring (bicyclic) bond motifs is 3. The van der Waals surface area contributed by atoms with E-state index in [1.165, 1.54) is 24.2 Å². The Morgan fingerprint density at radius 1 is 1.25 bits per heavy atom. The number of nitrogens with one attached hydrogen (secondary N) is 1. The first-order valence-electron chi connectivity index (χ1n) is 5.40. The van der Waals surface area contributed by atoms with Gasteiger partial charge in [0.1, 0.15) is 0 Å². The number of hydrogen-bond acceptors (Lipinski definition) is 2. The number of likely N-dealkylation sites (N-methyl/N-ethyl adjacent to an activating group) is 1. The Balaban J connectivity index is 0.000000640. The lowest BCUT2D eigenvalue weighted by molar-refractivity contribution is 0.413. The summed E-state index contributed by atoms with van der Waals surface area (Å²) in [5.41, 5.74) is 2.97. The lowest BCUT2D eigenvalue weighted by Crippen LogP contribution is -2.42. The molecule has 1 fully saturated rings. The molecule has 2 unspecified atom stereocenters. The second-order valence-corrected chi connectivity index (χ2v) is 4.34. The number of para-hydroxylation sites is 1. The number of hydrogen-bond donors (Lipinski definition) is 1. The summed E-state index contributed by atoms with van der Waals surface area (Å²) in [5.74, 6) is 0.713. The molecule has 2 atom stereocenters. The van der Waals surface area contributed by atoms with Gasteiger partial charge in [-0.3, -0.25) is 0 Å². The Morgan fingerprint density at radius 3 is 2.81 bits per heavy atom.